The van der Waals surface area contributed by atoms with Crippen molar-refractivity contribution in [2.45, 2.75) is 204 Å². The number of unbranched alkanes of at least 4 members (excludes halogenated alkanes) is 13. The van der Waals surface area contributed by atoms with E-state index < -0.39 is 6.10 Å². The zero-order chi connectivity index (χ0) is 30.7. The fraction of sp³-hybridized carbons (Fsp3) is 0.917. The molecule has 3 heterocycles. The molecule has 3 aliphatic rings. The second-order valence-corrected chi connectivity index (χ2v) is 13.5. The molecule has 0 bridgehead atoms. The Morgan fingerprint density at radius 1 is 0.767 bits per heavy atom. The summed E-state index contributed by atoms with van der Waals surface area (Å²) in [6.07, 6.45) is 26.7. The summed E-state index contributed by atoms with van der Waals surface area (Å²) in [6.45, 7) is 4.44. The molecule has 0 aliphatic carbocycles. The lowest BCUT2D eigenvalue weighted by Crippen LogP contribution is -2.32. The molecule has 0 amide bonds. The summed E-state index contributed by atoms with van der Waals surface area (Å²) in [5, 5.41) is 21.0. The summed E-state index contributed by atoms with van der Waals surface area (Å²) in [5.74, 6) is -0.280. The molecular weight excluding hydrogens is 544 g/mol. The van der Waals surface area contributed by atoms with Crippen LogP contribution in [0.1, 0.15) is 162 Å². The predicted octanol–water partition coefficient (Wildman–Crippen LogP) is 8.08. The summed E-state index contributed by atoms with van der Waals surface area (Å²) in [5.41, 5.74) is 0.617. The van der Waals surface area contributed by atoms with Crippen molar-refractivity contribution >= 4 is 5.97 Å². The first-order chi connectivity index (χ1) is 21.0. The fourth-order valence-corrected chi connectivity index (χ4v) is 6.95. The highest BCUT2D eigenvalue weighted by Gasteiger charge is 2.36. The molecule has 43 heavy (non-hydrogen) atoms. The molecule has 7 atom stereocenters. The summed E-state index contributed by atoms with van der Waals surface area (Å²) >= 11 is 0. The van der Waals surface area contributed by atoms with Crippen LogP contribution in [0.3, 0.4) is 0 Å². The van der Waals surface area contributed by atoms with Gasteiger partial charge in [-0.3, -0.25) is 0 Å². The van der Waals surface area contributed by atoms with Gasteiger partial charge in [0.1, 0.15) is 12.9 Å². The van der Waals surface area contributed by atoms with E-state index in [0.717, 1.165) is 77.0 Å². The van der Waals surface area contributed by atoms with Gasteiger partial charge in [-0.1, -0.05) is 103 Å². The van der Waals surface area contributed by atoms with Crippen LogP contribution < -0.4 is 0 Å². The molecule has 7 nitrogen and oxygen atoms in total. The van der Waals surface area contributed by atoms with Crippen LogP contribution in [0.25, 0.3) is 0 Å². The van der Waals surface area contributed by atoms with E-state index in [4.69, 9.17) is 18.9 Å². The van der Waals surface area contributed by atoms with Crippen LogP contribution in [0.4, 0.5) is 0 Å². The van der Waals surface area contributed by atoms with Crippen molar-refractivity contribution in [2.75, 3.05) is 6.79 Å². The normalized spacial score (nSPS) is 27.6. The van der Waals surface area contributed by atoms with E-state index in [1.807, 2.05) is 13.0 Å². The molecule has 0 radical (unpaired) electrons. The minimum atomic E-state index is -0.469. The molecule has 250 valence electrons. The zero-order valence-corrected chi connectivity index (χ0v) is 27.5. The predicted molar refractivity (Wildman–Crippen MR) is 171 cm³/mol. The van der Waals surface area contributed by atoms with Gasteiger partial charge in [0.2, 0.25) is 0 Å². The number of aliphatic hydroxyl groups excluding tert-OH is 2. The summed E-state index contributed by atoms with van der Waals surface area (Å²) in [6, 6.07) is 0. The van der Waals surface area contributed by atoms with Crippen molar-refractivity contribution in [1.82, 2.24) is 0 Å². The van der Waals surface area contributed by atoms with Gasteiger partial charge >= 0.3 is 5.97 Å². The van der Waals surface area contributed by atoms with Crippen LogP contribution in [0.2, 0.25) is 0 Å². The Balaban J connectivity index is 1.16. The molecule has 0 aromatic rings. The number of hydrogen-bond acceptors (Lipinski definition) is 7. The highest BCUT2D eigenvalue weighted by Crippen LogP contribution is 2.31. The molecular formula is C36H64O7. The molecule has 3 rings (SSSR count). The van der Waals surface area contributed by atoms with Gasteiger partial charge in [0, 0.05) is 12.0 Å². The van der Waals surface area contributed by atoms with Gasteiger partial charge in [0.25, 0.3) is 0 Å². The molecule has 2 fully saturated rings. The smallest absolute Gasteiger partial charge is 0.334 e. The molecule has 0 spiro atoms. The first-order valence-electron chi connectivity index (χ1n) is 18.1. The number of hydrogen-bond donors (Lipinski definition) is 2. The molecule has 2 N–H and O–H groups in total. The van der Waals surface area contributed by atoms with Gasteiger partial charge in [-0.15, -0.1) is 0 Å². The van der Waals surface area contributed by atoms with E-state index in [2.05, 4.69) is 6.92 Å². The van der Waals surface area contributed by atoms with Crippen LogP contribution in [0.5, 0.6) is 0 Å². The van der Waals surface area contributed by atoms with Gasteiger partial charge in [-0.05, 0) is 57.9 Å². The largest absolute Gasteiger partial charge is 0.455 e. The Kier molecular flexibility index (Phi) is 18.4. The Morgan fingerprint density at radius 2 is 1.40 bits per heavy atom. The minimum absolute atomic E-state index is 0.0479. The van der Waals surface area contributed by atoms with E-state index in [1.165, 1.54) is 64.2 Å². The van der Waals surface area contributed by atoms with Crippen LogP contribution >= 0.6 is 0 Å². The molecule has 0 saturated carbocycles. The molecule has 7 heteroatoms. The second-order valence-electron chi connectivity index (χ2n) is 13.5. The van der Waals surface area contributed by atoms with Crippen molar-refractivity contribution in [3.63, 3.8) is 0 Å². The number of carbonyl (C=O) groups is 1. The first-order valence-corrected chi connectivity index (χ1v) is 18.1. The molecule has 0 unspecified atom stereocenters. The van der Waals surface area contributed by atoms with Gasteiger partial charge in [-0.2, -0.15) is 0 Å². The summed E-state index contributed by atoms with van der Waals surface area (Å²) < 4.78 is 23.5. The van der Waals surface area contributed by atoms with Gasteiger partial charge in [0.05, 0.1) is 36.6 Å². The van der Waals surface area contributed by atoms with Crippen LogP contribution in [-0.4, -0.2) is 65.7 Å². The van der Waals surface area contributed by atoms with Gasteiger partial charge < -0.3 is 29.2 Å². The highest BCUT2D eigenvalue weighted by molar-refractivity contribution is 5.90. The van der Waals surface area contributed by atoms with Crippen molar-refractivity contribution in [2.24, 2.45) is 0 Å². The third-order valence-corrected chi connectivity index (χ3v) is 9.65. The van der Waals surface area contributed by atoms with Gasteiger partial charge in [0.15, 0.2) is 0 Å². The average Bonchev–Trinajstić information content (AvgIpc) is 3.52. The Morgan fingerprint density at radius 3 is 2.07 bits per heavy atom. The average molecular weight is 609 g/mol. The quantitative estimate of drug-likeness (QED) is 0.0894. The lowest BCUT2D eigenvalue weighted by atomic mass is 9.98. The molecule has 2 saturated heterocycles. The standard InChI is InChI=1S/C36H64O7/c1-3-4-5-6-7-8-9-10-14-17-20-32(38)33-23-24-35(43-33)34-22-21-31(40-27-41-34)19-16-13-11-12-15-18-30(37)26-29-25-28(2)42-36(29)39/h25,28,30-35,37-38H,3-24,26-27H2,1-2H3/t28-,30+,31+,32+,33+,34+,35+/m0/s1. The molecule has 3 aliphatic heterocycles. The number of carbonyl (C=O) groups excluding carboxylic acids is 1. The maximum atomic E-state index is 11.7. The lowest BCUT2D eigenvalue weighted by molar-refractivity contribution is -0.140. The van der Waals surface area contributed by atoms with Crippen molar-refractivity contribution in [3.8, 4) is 0 Å². The number of rotatable bonds is 23. The Hall–Kier alpha value is -0.990. The third-order valence-electron chi connectivity index (χ3n) is 9.65. The second kappa shape index (κ2) is 21.7. The van der Waals surface area contributed by atoms with Gasteiger partial charge in [-0.25, -0.2) is 4.79 Å². The maximum Gasteiger partial charge on any atom is 0.334 e. The topological polar surface area (TPSA) is 94.5 Å². The maximum absolute atomic E-state index is 11.7. The number of ether oxygens (including phenoxy) is 4. The Labute approximate surface area is 262 Å². The monoisotopic (exact) mass is 608 g/mol. The molecule has 0 aromatic heterocycles. The number of esters is 1. The van der Waals surface area contributed by atoms with Crippen molar-refractivity contribution in [1.29, 1.82) is 0 Å². The van der Waals surface area contributed by atoms with E-state index in [0.29, 0.717) is 18.8 Å². The van der Waals surface area contributed by atoms with Crippen LogP contribution in [0.15, 0.2) is 11.6 Å². The number of cyclic esters (lactones) is 1. The van der Waals surface area contributed by atoms with E-state index >= 15 is 0 Å². The fourth-order valence-electron chi connectivity index (χ4n) is 6.95. The third kappa shape index (κ3) is 14.8. The van der Waals surface area contributed by atoms with E-state index in [9.17, 15) is 15.0 Å². The van der Waals surface area contributed by atoms with Crippen molar-refractivity contribution < 1.29 is 34.0 Å². The lowest BCUT2D eigenvalue weighted by Gasteiger charge is -2.24. The van der Waals surface area contributed by atoms with Crippen LogP contribution in [-0.2, 0) is 23.7 Å². The summed E-state index contributed by atoms with van der Waals surface area (Å²) in [4.78, 5) is 11.7. The Bertz CT molecular complexity index is 771. The van der Waals surface area contributed by atoms with Crippen molar-refractivity contribution in [3.05, 3.63) is 11.6 Å². The molecule has 0 aromatic carbocycles. The summed E-state index contributed by atoms with van der Waals surface area (Å²) in [7, 11) is 0. The van der Waals surface area contributed by atoms with Crippen LogP contribution in [0, 0.1) is 0 Å². The number of aliphatic hydroxyl groups is 2. The highest BCUT2D eigenvalue weighted by atomic mass is 16.7. The SMILES string of the molecule is CCCCCCCCCCCC[C@@H](O)[C@H]1CC[C@H]([C@H]2CC[C@@H](CCCCCCC[C@@H](O)CC3=C[C@H](C)OC3=O)OCO2)O1. The zero-order valence-electron chi connectivity index (χ0n) is 27.5. The van der Waals surface area contributed by atoms with E-state index in [1.54, 1.807) is 0 Å². The first kappa shape index (κ1) is 36.5. The van der Waals surface area contributed by atoms with E-state index in [-0.39, 0.29) is 42.6 Å². The minimum Gasteiger partial charge on any atom is -0.455 e.